The molecule has 0 aliphatic heterocycles. The molecule has 1 aromatic carbocycles. The molecule has 0 saturated heterocycles. The molecule has 1 N–H and O–H groups in total. The van der Waals surface area contributed by atoms with Crippen molar-refractivity contribution in [2.24, 2.45) is 0 Å². The lowest BCUT2D eigenvalue weighted by atomic mass is 10.1. The summed E-state index contributed by atoms with van der Waals surface area (Å²) in [6, 6.07) is 13.7. The molecule has 5 heteroatoms. The van der Waals surface area contributed by atoms with Crippen LogP contribution in [0.4, 0.5) is 0 Å². The number of hydrogen-bond acceptors (Lipinski definition) is 4. The smallest absolute Gasteiger partial charge is 0.306 e. The number of esters is 1. The molecule has 0 aliphatic rings. The molecule has 0 fully saturated rings. The van der Waals surface area contributed by atoms with Gasteiger partial charge in [-0.05, 0) is 29.9 Å². The van der Waals surface area contributed by atoms with Crippen molar-refractivity contribution in [1.82, 2.24) is 5.32 Å². The molecule has 4 nitrogen and oxygen atoms in total. The van der Waals surface area contributed by atoms with Gasteiger partial charge in [0.05, 0.1) is 0 Å². The maximum Gasteiger partial charge on any atom is 0.306 e. The Hall–Kier alpha value is -2.14. The Balaban J connectivity index is 1.56. The van der Waals surface area contributed by atoms with Crippen LogP contribution in [0, 0.1) is 0 Å². The molecule has 0 radical (unpaired) electrons. The van der Waals surface area contributed by atoms with Gasteiger partial charge in [0, 0.05) is 17.8 Å². The van der Waals surface area contributed by atoms with Crippen molar-refractivity contribution in [2.45, 2.75) is 19.3 Å². The molecule has 0 unspecified atom stereocenters. The summed E-state index contributed by atoms with van der Waals surface area (Å²) < 4.78 is 4.96. The SMILES string of the molecule is O=C(COC(=O)CCc1ccccc1)NCCc1cccs1. The van der Waals surface area contributed by atoms with Crippen LogP contribution in [0.3, 0.4) is 0 Å². The van der Waals surface area contributed by atoms with Gasteiger partial charge in [0.25, 0.3) is 5.91 Å². The lowest BCUT2D eigenvalue weighted by Gasteiger charge is -2.06. The highest BCUT2D eigenvalue weighted by molar-refractivity contribution is 7.09. The van der Waals surface area contributed by atoms with Crippen LogP contribution < -0.4 is 5.32 Å². The zero-order valence-electron chi connectivity index (χ0n) is 12.3. The molecule has 0 bridgehead atoms. The summed E-state index contributed by atoms with van der Waals surface area (Å²) in [5.41, 5.74) is 1.08. The van der Waals surface area contributed by atoms with Crippen molar-refractivity contribution < 1.29 is 14.3 Å². The molecular formula is C17H19NO3S. The van der Waals surface area contributed by atoms with Gasteiger partial charge in [0.2, 0.25) is 0 Å². The fraction of sp³-hybridized carbons (Fsp3) is 0.294. The Labute approximate surface area is 134 Å². The molecule has 0 aliphatic carbocycles. The largest absolute Gasteiger partial charge is 0.456 e. The molecule has 2 rings (SSSR count). The van der Waals surface area contributed by atoms with Crippen LogP contribution in [-0.2, 0) is 27.2 Å². The van der Waals surface area contributed by atoms with Crippen molar-refractivity contribution in [1.29, 1.82) is 0 Å². The number of nitrogens with one attached hydrogen (secondary N) is 1. The van der Waals surface area contributed by atoms with Crippen molar-refractivity contribution >= 4 is 23.2 Å². The van der Waals surface area contributed by atoms with Crippen molar-refractivity contribution in [3.63, 3.8) is 0 Å². The van der Waals surface area contributed by atoms with Crippen molar-refractivity contribution in [3.8, 4) is 0 Å². The second kappa shape index (κ2) is 9.00. The van der Waals surface area contributed by atoms with Crippen LogP contribution in [0.1, 0.15) is 16.9 Å². The third kappa shape index (κ3) is 6.10. The summed E-state index contributed by atoms with van der Waals surface area (Å²) in [5, 5.41) is 4.75. The van der Waals surface area contributed by atoms with E-state index in [0.717, 1.165) is 12.0 Å². The average molecular weight is 317 g/mol. The first kappa shape index (κ1) is 16.2. The van der Waals surface area contributed by atoms with E-state index in [9.17, 15) is 9.59 Å². The van der Waals surface area contributed by atoms with Gasteiger partial charge in [-0.15, -0.1) is 11.3 Å². The summed E-state index contributed by atoms with van der Waals surface area (Å²) in [5.74, 6) is -0.609. The molecular weight excluding hydrogens is 298 g/mol. The van der Waals surface area contributed by atoms with Crippen molar-refractivity contribution in [2.75, 3.05) is 13.2 Å². The number of hydrogen-bond donors (Lipinski definition) is 1. The highest BCUT2D eigenvalue weighted by atomic mass is 32.1. The molecule has 22 heavy (non-hydrogen) atoms. The number of amides is 1. The van der Waals surface area contributed by atoms with Gasteiger partial charge in [-0.2, -0.15) is 0 Å². The monoisotopic (exact) mass is 317 g/mol. The summed E-state index contributed by atoms with van der Waals surface area (Å²) in [6.45, 7) is 0.346. The average Bonchev–Trinajstić information content (AvgIpc) is 3.05. The number of aryl methyl sites for hydroxylation is 1. The first-order chi connectivity index (χ1) is 10.7. The normalized spacial score (nSPS) is 10.2. The van der Waals surface area contributed by atoms with Gasteiger partial charge in [0.1, 0.15) is 0 Å². The van der Waals surface area contributed by atoms with E-state index in [2.05, 4.69) is 5.32 Å². The Kier molecular flexibility index (Phi) is 6.64. The number of benzene rings is 1. The van der Waals surface area contributed by atoms with Crippen LogP contribution >= 0.6 is 11.3 Å². The first-order valence-electron chi connectivity index (χ1n) is 7.22. The third-order valence-corrected chi connectivity index (χ3v) is 4.03. The van der Waals surface area contributed by atoms with Gasteiger partial charge in [-0.25, -0.2) is 0 Å². The molecule has 1 heterocycles. The van der Waals surface area contributed by atoms with Crippen LogP contribution in [0.15, 0.2) is 47.8 Å². The summed E-state index contributed by atoms with van der Waals surface area (Å²) in [6.07, 6.45) is 1.71. The number of ether oxygens (including phenoxy) is 1. The van der Waals surface area contributed by atoms with E-state index in [1.54, 1.807) is 11.3 Å². The number of carbonyl (C=O) groups is 2. The lowest BCUT2D eigenvalue weighted by molar-refractivity contribution is -0.148. The van der Waals surface area contributed by atoms with E-state index in [-0.39, 0.29) is 24.9 Å². The minimum atomic E-state index is -0.350. The molecule has 0 saturated carbocycles. The topological polar surface area (TPSA) is 55.4 Å². The molecule has 2 aromatic rings. The minimum Gasteiger partial charge on any atom is -0.456 e. The minimum absolute atomic E-state index is 0.210. The van der Waals surface area contributed by atoms with E-state index in [1.165, 1.54) is 4.88 Å². The van der Waals surface area contributed by atoms with Gasteiger partial charge in [0.15, 0.2) is 6.61 Å². The Morgan fingerprint density at radius 1 is 1.05 bits per heavy atom. The second-order valence-electron chi connectivity index (χ2n) is 4.83. The van der Waals surface area contributed by atoms with Gasteiger partial charge >= 0.3 is 5.97 Å². The standard InChI is InChI=1S/C17H19NO3S/c19-16(18-11-10-15-7-4-12-22-15)13-21-17(20)9-8-14-5-2-1-3-6-14/h1-7,12H,8-11,13H2,(H,18,19). The maximum atomic E-state index is 11.6. The van der Waals surface area contributed by atoms with Crippen molar-refractivity contribution in [3.05, 3.63) is 58.3 Å². The summed E-state index contributed by atoms with van der Waals surface area (Å²) >= 11 is 1.66. The predicted octanol–water partition coefficient (Wildman–Crippen LogP) is 2.58. The van der Waals surface area contributed by atoms with Crippen LogP contribution in [0.2, 0.25) is 0 Å². The molecule has 1 amide bonds. The van der Waals surface area contributed by atoms with E-state index in [1.807, 2.05) is 47.8 Å². The van der Waals surface area contributed by atoms with E-state index < -0.39 is 0 Å². The zero-order chi connectivity index (χ0) is 15.6. The lowest BCUT2D eigenvalue weighted by Crippen LogP contribution is -2.30. The van der Waals surface area contributed by atoms with Crippen LogP contribution in [0.25, 0.3) is 0 Å². The quantitative estimate of drug-likeness (QED) is 0.761. The van der Waals surface area contributed by atoms with Gasteiger partial charge < -0.3 is 10.1 Å². The maximum absolute atomic E-state index is 11.6. The number of carbonyl (C=O) groups excluding carboxylic acids is 2. The summed E-state index contributed by atoms with van der Waals surface area (Å²) in [4.78, 5) is 24.4. The van der Waals surface area contributed by atoms with Crippen LogP contribution in [0.5, 0.6) is 0 Å². The fourth-order valence-corrected chi connectivity index (χ4v) is 2.65. The fourth-order valence-electron chi connectivity index (χ4n) is 1.94. The summed E-state index contributed by atoms with van der Waals surface area (Å²) in [7, 11) is 0. The Morgan fingerprint density at radius 3 is 2.59 bits per heavy atom. The van der Waals surface area contributed by atoms with E-state index in [0.29, 0.717) is 13.0 Å². The Bertz CT molecular complexity index is 581. The molecule has 0 spiro atoms. The Morgan fingerprint density at radius 2 is 1.86 bits per heavy atom. The molecule has 1 aromatic heterocycles. The first-order valence-corrected chi connectivity index (χ1v) is 8.10. The zero-order valence-corrected chi connectivity index (χ0v) is 13.1. The highest BCUT2D eigenvalue weighted by Crippen LogP contribution is 2.08. The molecule has 0 atom stereocenters. The highest BCUT2D eigenvalue weighted by Gasteiger charge is 2.07. The second-order valence-corrected chi connectivity index (χ2v) is 5.86. The van der Waals surface area contributed by atoms with Gasteiger partial charge in [-0.3, -0.25) is 9.59 Å². The molecule has 116 valence electrons. The third-order valence-electron chi connectivity index (χ3n) is 3.10. The number of rotatable bonds is 8. The van der Waals surface area contributed by atoms with Gasteiger partial charge in [-0.1, -0.05) is 36.4 Å². The predicted molar refractivity (Wildman–Crippen MR) is 86.8 cm³/mol. The number of thiophene rings is 1. The van der Waals surface area contributed by atoms with Crippen LogP contribution in [-0.4, -0.2) is 25.0 Å². The van der Waals surface area contributed by atoms with E-state index in [4.69, 9.17) is 4.74 Å². The van der Waals surface area contributed by atoms with E-state index >= 15 is 0 Å².